The fourth-order valence-corrected chi connectivity index (χ4v) is 7.42. The van der Waals surface area contributed by atoms with Gasteiger partial charge in [0, 0.05) is 21.5 Å². The van der Waals surface area contributed by atoms with Crippen molar-refractivity contribution in [3.05, 3.63) is 102 Å². The number of nitrogens with zero attached hydrogens (tertiary/aromatic N) is 2. The van der Waals surface area contributed by atoms with Crippen molar-refractivity contribution in [2.45, 2.75) is 12.8 Å². The van der Waals surface area contributed by atoms with Crippen molar-refractivity contribution in [3.8, 4) is 5.13 Å². The maximum atomic E-state index is 6.18. The monoisotopic (exact) mass is 492 g/mol. The number of para-hydroxylation sites is 1. The summed E-state index contributed by atoms with van der Waals surface area (Å²) in [6.07, 6.45) is 6.83. The minimum absolute atomic E-state index is 0.913. The Morgan fingerprint density at radius 1 is 0.730 bits per heavy atom. The third-order valence-corrected chi connectivity index (χ3v) is 8.97. The molecule has 0 N–H and O–H groups in total. The van der Waals surface area contributed by atoms with Crippen molar-refractivity contribution >= 4 is 82.1 Å². The van der Waals surface area contributed by atoms with Crippen LogP contribution in [0.5, 0.6) is 0 Å². The number of hydrogen-bond donors (Lipinski definition) is 0. The number of aryl methyl sites for hydroxylation is 1. The smallest absolute Gasteiger partial charge is 0.195 e. The van der Waals surface area contributed by atoms with Crippen LogP contribution in [0.1, 0.15) is 17.5 Å². The Labute approximate surface area is 215 Å². The maximum Gasteiger partial charge on any atom is 0.195 e. The SMILES string of the molecule is C1=Cc2c(ccc3c2c2c4ccccc4ccc2n3-c2nc3ccc4oc5ccccc5c4c3s2)CC1. The Hall–Kier alpha value is -4.41. The third kappa shape index (κ3) is 2.58. The van der Waals surface area contributed by atoms with Crippen LogP contribution in [-0.4, -0.2) is 9.55 Å². The highest BCUT2D eigenvalue weighted by molar-refractivity contribution is 7.22. The molecular formula is C33H20N2OS. The standard InChI is InChI=1S/C33H20N2OS/c1-3-9-21-19(7-1)13-16-25-29(21)30-22-10-4-2-8-20(22)14-17-26(30)35(25)33-34-24-15-18-28-31(32(24)37-33)23-11-5-6-12-27(23)36-28/h1,3-7,9-18H,2,8H2. The van der Waals surface area contributed by atoms with Gasteiger partial charge in [-0.3, -0.25) is 4.57 Å². The first kappa shape index (κ1) is 19.7. The number of aromatic nitrogens is 2. The maximum absolute atomic E-state index is 6.18. The van der Waals surface area contributed by atoms with Crippen LogP contribution < -0.4 is 0 Å². The van der Waals surface area contributed by atoms with E-state index in [1.54, 1.807) is 11.3 Å². The molecule has 0 bridgehead atoms. The molecule has 3 aromatic heterocycles. The fourth-order valence-electron chi connectivity index (χ4n) is 6.27. The highest BCUT2D eigenvalue weighted by Gasteiger charge is 2.22. The van der Waals surface area contributed by atoms with Crippen molar-refractivity contribution in [2.24, 2.45) is 0 Å². The summed E-state index contributed by atoms with van der Waals surface area (Å²) in [4.78, 5) is 5.21. The van der Waals surface area contributed by atoms with Crippen LogP contribution in [0, 0.1) is 0 Å². The highest BCUT2D eigenvalue weighted by atomic mass is 32.1. The molecule has 174 valence electrons. The molecule has 0 radical (unpaired) electrons. The molecule has 4 heteroatoms. The summed E-state index contributed by atoms with van der Waals surface area (Å²) in [6.45, 7) is 0. The number of rotatable bonds is 1. The number of furan rings is 1. The molecule has 1 aliphatic rings. The van der Waals surface area contributed by atoms with E-state index in [1.807, 2.05) is 12.1 Å². The molecule has 3 nitrogen and oxygen atoms in total. The quantitative estimate of drug-likeness (QED) is 0.228. The first-order valence-electron chi connectivity index (χ1n) is 12.7. The molecule has 0 aliphatic heterocycles. The van der Waals surface area contributed by atoms with E-state index in [0.29, 0.717) is 0 Å². The van der Waals surface area contributed by atoms with Crippen molar-refractivity contribution in [3.63, 3.8) is 0 Å². The van der Waals surface area contributed by atoms with Gasteiger partial charge in [0.05, 0.1) is 21.3 Å². The second-order valence-electron chi connectivity index (χ2n) is 9.87. The summed E-state index contributed by atoms with van der Waals surface area (Å²) in [6, 6.07) is 30.3. The van der Waals surface area contributed by atoms with E-state index < -0.39 is 0 Å². The van der Waals surface area contributed by atoms with E-state index in [4.69, 9.17) is 9.40 Å². The van der Waals surface area contributed by atoms with Gasteiger partial charge in [-0.25, -0.2) is 4.98 Å². The number of benzene rings is 5. The van der Waals surface area contributed by atoms with Gasteiger partial charge in [-0.1, -0.05) is 78.1 Å². The van der Waals surface area contributed by atoms with Crippen molar-refractivity contribution < 1.29 is 4.42 Å². The highest BCUT2D eigenvalue weighted by Crippen LogP contribution is 2.44. The van der Waals surface area contributed by atoms with Crippen LogP contribution in [0.15, 0.2) is 95.4 Å². The molecule has 0 spiro atoms. The van der Waals surface area contributed by atoms with E-state index in [0.717, 1.165) is 45.4 Å². The predicted molar refractivity (Wildman–Crippen MR) is 156 cm³/mol. The molecule has 1 aliphatic carbocycles. The van der Waals surface area contributed by atoms with Gasteiger partial charge >= 0.3 is 0 Å². The van der Waals surface area contributed by atoms with E-state index in [-0.39, 0.29) is 0 Å². The van der Waals surface area contributed by atoms with Gasteiger partial charge < -0.3 is 4.42 Å². The van der Waals surface area contributed by atoms with Crippen molar-refractivity contribution in [1.29, 1.82) is 0 Å². The lowest BCUT2D eigenvalue weighted by atomic mass is 9.92. The first-order valence-corrected chi connectivity index (χ1v) is 13.5. The minimum Gasteiger partial charge on any atom is -0.456 e. The summed E-state index contributed by atoms with van der Waals surface area (Å²) in [5.74, 6) is 0. The molecular weight excluding hydrogens is 472 g/mol. The normalized spacial score (nSPS) is 13.6. The van der Waals surface area contributed by atoms with Crippen LogP contribution in [0.25, 0.3) is 75.9 Å². The average molecular weight is 493 g/mol. The predicted octanol–water partition coefficient (Wildman–Crippen LogP) is 9.41. The molecule has 8 aromatic rings. The number of fused-ring (bicyclic) bond motifs is 12. The second kappa shape index (κ2) is 7.09. The van der Waals surface area contributed by atoms with E-state index in [2.05, 4.69) is 89.5 Å². The molecule has 5 aromatic carbocycles. The van der Waals surface area contributed by atoms with E-state index in [9.17, 15) is 0 Å². The second-order valence-corrected chi connectivity index (χ2v) is 10.8. The Kier molecular flexibility index (Phi) is 3.78. The zero-order chi connectivity index (χ0) is 24.1. The van der Waals surface area contributed by atoms with Gasteiger partial charge in [0.2, 0.25) is 0 Å². The molecule has 3 heterocycles. The van der Waals surface area contributed by atoms with E-state index >= 15 is 0 Å². The van der Waals surface area contributed by atoms with Crippen LogP contribution in [0.4, 0.5) is 0 Å². The van der Waals surface area contributed by atoms with Gasteiger partial charge in [-0.05, 0) is 65.1 Å². The molecule has 0 unspecified atom stereocenters. The van der Waals surface area contributed by atoms with Gasteiger partial charge in [-0.15, -0.1) is 0 Å². The fraction of sp³-hybridized carbons (Fsp3) is 0.0606. The lowest BCUT2D eigenvalue weighted by molar-refractivity contribution is 0.669. The molecule has 0 saturated carbocycles. The van der Waals surface area contributed by atoms with Gasteiger partial charge in [0.1, 0.15) is 11.2 Å². The lowest BCUT2D eigenvalue weighted by Crippen LogP contribution is -1.96. The molecule has 9 rings (SSSR count). The Bertz CT molecular complexity index is 2260. The summed E-state index contributed by atoms with van der Waals surface area (Å²) in [5.41, 5.74) is 8.04. The van der Waals surface area contributed by atoms with Crippen molar-refractivity contribution in [2.75, 3.05) is 0 Å². The zero-order valence-electron chi connectivity index (χ0n) is 19.9. The summed E-state index contributed by atoms with van der Waals surface area (Å²) in [5, 5.41) is 8.49. The molecule has 0 fully saturated rings. The van der Waals surface area contributed by atoms with Gasteiger partial charge in [0.25, 0.3) is 0 Å². The zero-order valence-corrected chi connectivity index (χ0v) is 20.7. The topological polar surface area (TPSA) is 31.0 Å². The first-order chi connectivity index (χ1) is 18.3. The summed E-state index contributed by atoms with van der Waals surface area (Å²) < 4.78 is 9.72. The molecule has 37 heavy (non-hydrogen) atoms. The van der Waals surface area contributed by atoms with Gasteiger partial charge in [-0.2, -0.15) is 0 Å². The van der Waals surface area contributed by atoms with Crippen LogP contribution in [0.3, 0.4) is 0 Å². The lowest BCUT2D eigenvalue weighted by Gasteiger charge is -2.12. The third-order valence-electron chi connectivity index (χ3n) is 7.89. The molecule has 0 atom stereocenters. The minimum atomic E-state index is 0.913. The Morgan fingerprint density at radius 3 is 2.54 bits per heavy atom. The summed E-state index contributed by atoms with van der Waals surface area (Å²) >= 11 is 1.75. The van der Waals surface area contributed by atoms with Crippen LogP contribution in [0.2, 0.25) is 0 Å². The van der Waals surface area contributed by atoms with E-state index in [1.165, 1.54) is 48.4 Å². The summed E-state index contributed by atoms with van der Waals surface area (Å²) in [7, 11) is 0. The van der Waals surface area contributed by atoms with Crippen LogP contribution in [-0.2, 0) is 6.42 Å². The molecule has 0 amide bonds. The number of allylic oxidation sites excluding steroid dienone is 1. The average Bonchev–Trinajstić information content (AvgIpc) is 3.63. The van der Waals surface area contributed by atoms with Crippen LogP contribution >= 0.6 is 11.3 Å². The van der Waals surface area contributed by atoms with Crippen molar-refractivity contribution in [1.82, 2.24) is 9.55 Å². The van der Waals surface area contributed by atoms with Gasteiger partial charge in [0.15, 0.2) is 5.13 Å². The number of thiazole rings is 1. The Morgan fingerprint density at radius 2 is 1.57 bits per heavy atom. The molecule has 0 saturated heterocycles. The number of hydrogen-bond acceptors (Lipinski definition) is 3. The Balaban J connectivity index is 1.46. The largest absolute Gasteiger partial charge is 0.456 e.